The average molecular weight is 124 g/mol. The van der Waals surface area contributed by atoms with E-state index >= 15 is 0 Å². The second-order valence-electron chi connectivity index (χ2n) is 0.685. The fraction of sp³-hybridized carbons (Fsp3) is 1.00. The summed E-state index contributed by atoms with van der Waals surface area (Å²) in [5.74, 6) is 0.477. The Balaban J connectivity index is 2.96. The highest BCUT2D eigenvalue weighted by Gasteiger charge is 1.96. The van der Waals surface area contributed by atoms with Crippen molar-refractivity contribution in [3.05, 3.63) is 0 Å². The molecule has 36 valence electrons. The fourth-order valence-electron chi connectivity index (χ4n) is 0.0527. The highest BCUT2D eigenvalue weighted by atomic mass is 32.7. The normalized spacial score (nSPS) is 15.0. The lowest BCUT2D eigenvalue weighted by atomic mass is 11.0. The minimum Gasteiger partial charge on any atom is -0.607 e. The Morgan fingerprint density at radius 2 is 2.50 bits per heavy atom. The third-order valence-corrected chi connectivity index (χ3v) is 2.26. The number of rotatable bonds is 2. The number of hydrogen-bond acceptors (Lipinski definition) is 2. The lowest BCUT2D eigenvalue weighted by Gasteiger charge is -1.90. The Morgan fingerprint density at radius 1 is 2.00 bits per heavy atom. The predicted octanol–water partition coefficient (Wildman–Crippen LogP) is 0.962. The molecule has 0 saturated heterocycles. The summed E-state index contributed by atoms with van der Waals surface area (Å²) >= 11 is 0. The highest BCUT2D eigenvalue weighted by Crippen LogP contribution is 2.05. The second-order valence-corrected chi connectivity index (χ2v) is 3.72. The van der Waals surface area contributed by atoms with Crippen LogP contribution in [0.1, 0.15) is 6.92 Å². The van der Waals surface area contributed by atoms with Gasteiger partial charge in [0.25, 0.3) is 0 Å². The van der Waals surface area contributed by atoms with Crippen molar-refractivity contribution < 1.29 is 9.12 Å². The molecule has 0 aromatic carbocycles. The Bertz CT molecular complexity index is 48.8. The van der Waals surface area contributed by atoms with Crippen molar-refractivity contribution in [2.45, 2.75) is 6.92 Å². The Hall–Kier alpha value is 0.410. The fourth-order valence-corrected chi connectivity index (χ4v) is 0.474. The monoisotopic (exact) mass is 124 g/mol. The first-order chi connectivity index (χ1) is 2.81. The summed E-state index contributed by atoms with van der Waals surface area (Å²) in [5, 5.41) is 0. The molecule has 6 heavy (non-hydrogen) atoms. The molecule has 0 bridgehead atoms. The van der Waals surface area contributed by atoms with Crippen molar-refractivity contribution >= 4 is 18.5 Å². The molecule has 0 rings (SSSR count). The molecule has 0 heterocycles. The van der Waals surface area contributed by atoms with Gasteiger partial charge in [-0.1, -0.05) is 0 Å². The predicted molar refractivity (Wildman–Crippen MR) is 26.3 cm³/mol. The van der Waals surface area contributed by atoms with Crippen molar-refractivity contribution in [1.82, 2.24) is 0 Å². The molecule has 0 N–H and O–H groups in total. The molecule has 0 fully saturated rings. The lowest BCUT2D eigenvalue weighted by Crippen LogP contribution is -1.89. The summed E-state index contributed by atoms with van der Waals surface area (Å²) in [6, 6.07) is 0. The van der Waals surface area contributed by atoms with E-state index in [1.165, 1.54) is 0 Å². The maximum absolute atomic E-state index is 9.97. The molecule has 0 radical (unpaired) electrons. The largest absolute Gasteiger partial charge is 0.607 e. The van der Waals surface area contributed by atoms with Crippen LogP contribution in [0.4, 0.5) is 0 Å². The van der Waals surface area contributed by atoms with Crippen LogP contribution in [0.5, 0.6) is 0 Å². The topological polar surface area (TPSA) is 40.1 Å². The van der Waals surface area contributed by atoms with Gasteiger partial charge < -0.3 is 4.55 Å². The first kappa shape index (κ1) is 6.41. The van der Waals surface area contributed by atoms with Crippen LogP contribution < -0.4 is 0 Å². The first-order valence-electron chi connectivity index (χ1n) is 1.53. The Kier molecular flexibility index (Phi) is 3.84. The van der Waals surface area contributed by atoms with E-state index in [9.17, 15) is 9.12 Å². The second kappa shape index (κ2) is 3.59. The molecule has 1 atom stereocenters. The van der Waals surface area contributed by atoms with Crippen LogP contribution in [-0.2, 0) is 15.4 Å². The van der Waals surface area contributed by atoms with Crippen molar-refractivity contribution in [2.75, 3.05) is 5.75 Å². The van der Waals surface area contributed by atoms with Gasteiger partial charge in [-0.05, 0) is 6.92 Å². The van der Waals surface area contributed by atoms with Gasteiger partial charge in [0, 0.05) is 10.8 Å². The summed E-state index contributed by atoms with van der Waals surface area (Å²) in [5.41, 5.74) is 0. The molecule has 0 aliphatic carbocycles. The molecule has 0 saturated carbocycles. The van der Waals surface area contributed by atoms with Gasteiger partial charge in [0.15, 0.2) is 0 Å². The van der Waals surface area contributed by atoms with Crippen LogP contribution >= 0.6 is 7.66 Å². The molecular weight excluding hydrogens is 119 g/mol. The summed E-state index contributed by atoms with van der Waals surface area (Å²) < 4.78 is 19.5. The molecule has 1 unspecified atom stereocenters. The minimum atomic E-state index is -1.12. The van der Waals surface area contributed by atoms with E-state index in [1.54, 1.807) is 6.92 Å². The summed E-state index contributed by atoms with van der Waals surface area (Å²) in [6.07, 6.45) is 0. The smallest absolute Gasteiger partial charge is 0.425 e. The van der Waals surface area contributed by atoms with Crippen molar-refractivity contribution in [1.29, 1.82) is 0 Å². The lowest BCUT2D eigenvalue weighted by molar-refractivity contribution is 0.589. The van der Waals surface area contributed by atoms with Gasteiger partial charge >= 0.3 is 7.66 Å². The van der Waals surface area contributed by atoms with Gasteiger partial charge in [-0.2, -0.15) is 0 Å². The zero-order chi connectivity index (χ0) is 4.99. The third-order valence-electron chi connectivity index (χ3n) is 0.330. The van der Waals surface area contributed by atoms with Gasteiger partial charge in [-0.3, -0.25) is 0 Å². The Morgan fingerprint density at radius 3 is 2.50 bits per heavy atom. The summed E-state index contributed by atoms with van der Waals surface area (Å²) in [6.45, 7) is 1.72. The quantitative estimate of drug-likeness (QED) is 0.406. The minimum absolute atomic E-state index is 0.250. The van der Waals surface area contributed by atoms with Crippen LogP contribution in [0.3, 0.4) is 0 Å². The van der Waals surface area contributed by atoms with Crippen LogP contribution in [0, 0.1) is 0 Å². The average Bonchev–Trinajstić information content (AvgIpc) is 1.65. The molecule has 2 nitrogen and oxygen atoms in total. The van der Waals surface area contributed by atoms with Gasteiger partial charge in [0.1, 0.15) is 5.75 Å². The van der Waals surface area contributed by atoms with E-state index in [-0.39, 0.29) is 7.66 Å². The summed E-state index contributed by atoms with van der Waals surface area (Å²) in [4.78, 5) is 0. The van der Waals surface area contributed by atoms with Crippen molar-refractivity contribution in [2.24, 2.45) is 0 Å². The zero-order valence-corrected chi connectivity index (χ0v) is 5.09. The SMILES string of the molecule is CC[S+]([O-])P=O. The summed E-state index contributed by atoms with van der Waals surface area (Å²) in [7, 11) is -1.37. The van der Waals surface area contributed by atoms with Crippen molar-refractivity contribution in [3.8, 4) is 0 Å². The molecule has 0 aliphatic heterocycles. The maximum atomic E-state index is 9.97. The van der Waals surface area contributed by atoms with Crippen LogP contribution in [0.15, 0.2) is 0 Å². The highest BCUT2D eigenvalue weighted by molar-refractivity contribution is 8.39. The van der Waals surface area contributed by atoms with Crippen LogP contribution in [0.2, 0.25) is 0 Å². The maximum Gasteiger partial charge on any atom is 0.425 e. The van der Waals surface area contributed by atoms with Crippen LogP contribution in [0.25, 0.3) is 0 Å². The number of hydrogen-bond donors (Lipinski definition) is 0. The van der Waals surface area contributed by atoms with Gasteiger partial charge in [-0.15, -0.1) is 0 Å². The van der Waals surface area contributed by atoms with E-state index in [4.69, 9.17) is 0 Å². The van der Waals surface area contributed by atoms with Crippen molar-refractivity contribution in [3.63, 3.8) is 0 Å². The zero-order valence-electron chi connectivity index (χ0n) is 3.38. The molecule has 0 aromatic heterocycles. The molecule has 0 aromatic rings. The third kappa shape index (κ3) is 2.64. The van der Waals surface area contributed by atoms with Crippen LogP contribution in [-0.4, -0.2) is 10.3 Å². The standard InChI is InChI=1S/C2H5O2PS/c1-2-6(4)5-3/h2H2,1H3. The van der Waals surface area contributed by atoms with E-state index in [1.807, 2.05) is 0 Å². The van der Waals surface area contributed by atoms with E-state index in [0.29, 0.717) is 5.75 Å². The van der Waals surface area contributed by atoms with Gasteiger partial charge in [0.2, 0.25) is 0 Å². The molecule has 0 amide bonds. The molecule has 0 spiro atoms. The van der Waals surface area contributed by atoms with E-state index in [2.05, 4.69) is 0 Å². The molecular formula is C2H5O2PS. The van der Waals surface area contributed by atoms with Gasteiger partial charge in [0.05, 0.1) is 0 Å². The molecule has 0 aliphatic rings. The Labute approximate surface area is 41.1 Å². The molecule has 4 heteroatoms. The van der Waals surface area contributed by atoms with Gasteiger partial charge in [-0.25, -0.2) is 4.57 Å². The van der Waals surface area contributed by atoms with E-state index in [0.717, 1.165) is 0 Å². The van der Waals surface area contributed by atoms with E-state index < -0.39 is 10.8 Å². The first-order valence-corrected chi connectivity index (χ1v) is 4.26.